The molecule has 37 heavy (non-hydrogen) atoms. The first-order valence-corrected chi connectivity index (χ1v) is 12.2. The average Bonchev–Trinajstić information content (AvgIpc) is 3.35. The maximum Gasteiger partial charge on any atom is 0.248 e. The highest BCUT2D eigenvalue weighted by atomic mass is 19.1. The van der Waals surface area contributed by atoms with Crippen molar-refractivity contribution in [2.45, 2.75) is 26.1 Å². The second-order valence-corrected chi connectivity index (χ2v) is 9.23. The molecule has 0 aliphatic carbocycles. The van der Waals surface area contributed by atoms with E-state index in [4.69, 9.17) is 5.73 Å². The molecule has 1 atom stereocenters. The van der Waals surface area contributed by atoms with Crippen LogP contribution in [0.25, 0.3) is 16.8 Å². The molecule has 1 aliphatic rings. The van der Waals surface area contributed by atoms with Gasteiger partial charge in [0.2, 0.25) is 11.7 Å². The molecule has 0 fully saturated rings. The third kappa shape index (κ3) is 4.69. The van der Waals surface area contributed by atoms with Crippen LogP contribution in [-0.2, 0) is 13.1 Å². The highest BCUT2D eigenvalue weighted by Crippen LogP contribution is 2.32. The monoisotopic (exact) mass is 497 g/mol. The normalized spacial score (nSPS) is 15.1. The second kappa shape index (κ2) is 10.1. The molecule has 1 amide bonds. The van der Waals surface area contributed by atoms with E-state index >= 15 is 4.39 Å². The van der Waals surface area contributed by atoms with E-state index in [0.717, 1.165) is 29.8 Å². The lowest BCUT2D eigenvalue weighted by Crippen LogP contribution is -2.36. The van der Waals surface area contributed by atoms with E-state index in [9.17, 15) is 9.59 Å². The van der Waals surface area contributed by atoms with Crippen LogP contribution in [0.15, 0.2) is 73.1 Å². The van der Waals surface area contributed by atoms with Gasteiger partial charge in [-0.1, -0.05) is 49.4 Å². The number of rotatable bonds is 7. The number of imidazole rings is 1. The van der Waals surface area contributed by atoms with Crippen LogP contribution < -0.4 is 11.1 Å². The molecular formula is C29H28FN5O2. The van der Waals surface area contributed by atoms with Gasteiger partial charge in [0.25, 0.3) is 0 Å². The molecule has 0 saturated heterocycles. The van der Waals surface area contributed by atoms with Gasteiger partial charge >= 0.3 is 0 Å². The highest BCUT2D eigenvalue weighted by molar-refractivity contribution is 6.02. The Balaban J connectivity index is 1.48. The van der Waals surface area contributed by atoms with Gasteiger partial charge in [-0.15, -0.1) is 0 Å². The molecule has 1 aliphatic heterocycles. The van der Waals surface area contributed by atoms with Crippen LogP contribution in [0.2, 0.25) is 0 Å². The van der Waals surface area contributed by atoms with Crippen molar-refractivity contribution in [1.29, 1.82) is 0 Å². The van der Waals surface area contributed by atoms with E-state index in [-0.39, 0.29) is 11.3 Å². The predicted molar refractivity (Wildman–Crippen MR) is 140 cm³/mol. The van der Waals surface area contributed by atoms with Gasteiger partial charge in [0.05, 0.1) is 5.69 Å². The number of hydrogen-bond donors (Lipinski definition) is 2. The maximum atomic E-state index is 15.5. The molecule has 3 N–H and O–H groups in total. The molecule has 3 aromatic carbocycles. The first-order valence-electron chi connectivity index (χ1n) is 12.2. The summed E-state index contributed by atoms with van der Waals surface area (Å²) in [7, 11) is 2.05. The fourth-order valence-corrected chi connectivity index (χ4v) is 4.73. The molecule has 2 heterocycles. The van der Waals surface area contributed by atoms with Gasteiger partial charge in [-0.25, -0.2) is 9.37 Å². The fourth-order valence-electron chi connectivity index (χ4n) is 4.73. The number of carbonyl (C=O) groups is 2. The molecule has 0 saturated carbocycles. The molecule has 7 nitrogen and oxygen atoms in total. The number of benzene rings is 3. The number of ketones is 1. The quantitative estimate of drug-likeness (QED) is 0.398. The van der Waals surface area contributed by atoms with Crippen molar-refractivity contribution in [2.75, 3.05) is 13.6 Å². The van der Waals surface area contributed by atoms with Crippen LogP contribution in [-0.4, -0.2) is 39.7 Å². The number of amides is 1. The van der Waals surface area contributed by atoms with Crippen molar-refractivity contribution in [3.8, 4) is 16.8 Å². The summed E-state index contributed by atoms with van der Waals surface area (Å²) < 4.78 is 17.2. The standard InChI is InChI=1S/C29H28FN5O2/c1-3-34(2)16-20-7-4-5-10-22(20)18-11-12-23(24(30)14-18)26-28(36)27-25(15-32-26)33-17-35(27)21-9-6-8-19(13-21)29(31)37/h4-14,17,26,32H,3,15-16H2,1-2H3,(H2,31,37). The molecule has 5 rings (SSSR count). The van der Waals surface area contributed by atoms with Crippen LogP contribution >= 0.6 is 0 Å². The molecule has 0 spiro atoms. The lowest BCUT2D eigenvalue weighted by molar-refractivity contribution is 0.0919. The minimum atomic E-state index is -0.863. The van der Waals surface area contributed by atoms with Crippen LogP contribution in [0.4, 0.5) is 4.39 Å². The summed E-state index contributed by atoms with van der Waals surface area (Å²) in [6.07, 6.45) is 1.54. The lowest BCUT2D eigenvalue weighted by Gasteiger charge is -2.24. The van der Waals surface area contributed by atoms with Gasteiger partial charge in [-0.05, 0) is 54.5 Å². The Morgan fingerprint density at radius 3 is 2.73 bits per heavy atom. The zero-order valence-electron chi connectivity index (χ0n) is 20.7. The zero-order valence-corrected chi connectivity index (χ0v) is 20.7. The van der Waals surface area contributed by atoms with E-state index < -0.39 is 17.8 Å². The van der Waals surface area contributed by atoms with Gasteiger partial charge in [0.1, 0.15) is 23.9 Å². The van der Waals surface area contributed by atoms with Gasteiger partial charge in [-0.3, -0.25) is 19.5 Å². The van der Waals surface area contributed by atoms with Gasteiger partial charge in [-0.2, -0.15) is 0 Å². The van der Waals surface area contributed by atoms with Crippen LogP contribution in [0, 0.1) is 5.82 Å². The van der Waals surface area contributed by atoms with Crippen molar-refractivity contribution in [3.63, 3.8) is 0 Å². The van der Waals surface area contributed by atoms with Crippen LogP contribution in [0.3, 0.4) is 0 Å². The van der Waals surface area contributed by atoms with Crippen molar-refractivity contribution < 1.29 is 14.0 Å². The largest absolute Gasteiger partial charge is 0.366 e. The van der Waals surface area contributed by atoms with Gasteiger partial charge < -0.3 is 10.6 Å². The summed E-state index contributed by atoms with van der Waals surface area (Å²) in [5, 5.41) is 3.13. The van der Waals surface area contributed by atoms with E-state index in [0.29, 0.717) is 29.2 Å². The molecule has 4 aromatic rings. The number of Topliss-reactive ketones (excluding diaryl/α,β-unsaturated/α-hetero) is 1. The number of nitrogens with zero attached hydrogens (tertiary/aromatic N) is 3. The zero-order chi connectivity index (χ0) is 26.1. The minimum Gasteiger partial charge on any atom is -0.366 e. The summed E-state index contributed by atoms with van der Waals surface area (Å²) in [4.78, 5) is 31.8. The Morgan fingerprint density at radius 2 is 1.97 bits per heavy atom. The van der Waals surface area contributed by atoms with Crippen molar-refractivity contribution in [3.05, 3.63) is 107 Å². The first kappa shape index (κ1) is 24.5. The third-order valence-corrected chi connectivity index (χ3v) is 6.84. The number of hydrogen-bond acceptors (Lipinski definition) is 5. The maximum absolute atomic E-state index is 15.5. The lowest BCUT2D eigenvalue weighted by atomic mass is 9.92. The fraction of sp³-hybridized carbons (Fsp3) is 0.207. The summed E-state index contributed by atoms with van der Waals surface area (Å²) in [5.74, 6) is -1.31. The molecule has 0 radical (unpaired) electrons. The Bertz CT molecular complexity index is 1500. The van der Waals surface area contributed by atoms with Gasteiger partial charge in [0.15, 0.2) is 0 Å². The summed E-state index contributed by atoms with van der Waals surface area (Å²) in [6.45, 7) is 4.06. The molecule has 0 bridgehead atoms. The molecule has 188 valence electrons. The predicted octanol–water partition coefficient (Wildman–Crippen LogP) is 4.26. The van der Waals surface area contributed by atoms with Gasteiger partial charge in [0, 0.05) is 29.9 Å². The topological polar surface area (TPSA) is 93.2 Å². The molecular weight excluding hydrogens is 469 g/mol. The second-order valence-electron chi connectivity index (χ2n) is 9.23. The number of halogens is 1. The Morgan fingerprint density at radius 1 is 1.16 bits per heavy atom. The van der Waals surface area contributed by atoms with E-state index in [1.807, 2.05) is 31.3 Å². The van der Waals surface area contributed by atoms with Crippen molar-refractivity contribution >= 4 is 11.7 Å². The highest BCUT2D eigenvalue weighted by Gasteiger charge is 2.34. The van der Waals surface area contributed by atoms with Crippen molar-refractivity contribution in [1.82, 2.24) is 19.8 Å². The Labute approximate surface area is 214 Å². The number of nitrogens with two attached hydrogens (primary N) is 1. The number of aromatic nitrogens is 2. The van der Waals surface area contributed by atoms with E-state index in [2.05, 4.69) is 28.2 Å². The summed E-state index contributed by atoms with van der Waals surface area (Å²) >= 11 is 0. The van der Waals surface area contributed by atoms with E-state index in [1.54, 1.807) is 34.9 Å². The van der Waals surface area contributed by atoms with Crippen LogP contribution in [0.5, 0.6) is 0 Å². The van der Waals surface area contributed by atoms with Crippen LogP contribution in [0.1, 0.15) is 50.6 Å². The average molecular weight is 498 g/mol. The Hall–Kier alpha value is -4.14. The molecule has 1 unspecified atom stereocenters. The SMILES string of the molecule is CCN(C)Cc1ccccc1-c1ccc(C2NCc3ncn(-c4cccc(C(N)=O)c4)c3C2=O)c(F)c1. The molecule has 8 heteroatoms. The summed E-state index contributed by atoms with van der Waals surface area (Å²) in [5.41, 5.74) is 10.4. The first-order chi connectivity index (χ1) is 17.9. The number of nitrogens with one attached hydrogen (secondary N) is 1. The third-order valence-electron chi connectivity index (χ3n) is 6.84. The molecule has 1 aromatic heterocycles. The van der Waals surface area contributed by atoms with Crippen molar-refractivity contribution in [2.24, 2.45) is 5.73 Å². The number of primary amides is 1. The number of fused-ring (bicyclic) bond motifs is 1. The van der Waals surface area contributed by atoms with E-state index in [1.165, 1.54) is 12.4 Å². The minimum absolute atomic E-state index is 0.279. The Kier molecular flexibility index (Phi) is 6.69. The summed E-state index contributed by atoms with van der Waals surface area (Å²) in [6, 6.07) is 18.8. The smallest absolute Gasteiger partial charge is 0.248 e. The number of carbonyl (C=O) groups excluding carboxylic acids is 2.